The molecule has 2 aliphatic carbocycles. The number of alkyl halides is 3. The van der Waals surface area contributed by atoms with Crippen LogP contribution in [0.2, 0.25) is 0 Å². The predicted octanol–water partition coefficient (Wildman–Crippen LogP) is 6.40. The zero-order chi connectivity index (χ0) is 25.8. The second kappa shape index (κ2) is 9.23. The van der Waals surface area contributed by atoms with E-state index in [-0.39, 0.29) is 16.9 Å². The Hall–Kier alpha value is -2.29. The van der Waals surface area contributed by atoms with Crippen molar-refractivity contribution in [2.45, 2.75) is 76.7 Å². The van der Waals surface area contributed by atoms with E-state index in [2.05, 4.69) is 0 Å². The number of rotatable bonds is 4. The maximum atomic E-state index is 15.0. The van der Waals surface area contributed by atoms with Crippen molar-refractivity contribution in [3.8, 4) is 0 Å². The molecule has 2 atom stereocenters. The van der Waals surface area contributed by atoms with Crippen LogP contribution in [0.4, 0.5) is 17.6 Å². The average molecular weight is 506 g/mol. The number of aliphatic hydroxyl groups excluding tert-OH is 2. The Morgan fingerprint density at radius 1 is 1.19 bits per heavy atom. The summed E-state index contributed by atoms with van der Waals surface area (Å²) in [6, 6.07) is 2.20. The van der Waals surface area contributed by atoms with Crippen LogP contribution < -0.4 is 0 Å². The van der Waals surface area contributed by atoms with Crippen LogP contribution >= 0.6 is 0 Å². The average Bonchev–Trinajstić information content (AvgIpc) is 2.81. The molecule has 8 heteroatoms. The predicted molar refractivity (Wildman–Crippen MR) is 127 cm³/mol. The lowest BCUT2D eigenvalue weighted by Crippen LogP contribution is -2.39. The van der Waals surface area contributed by atoms with E-state index in [1.165, 1.54) is 0 Å². The van der Waals surface area contributed by atoms with E-state index in [9.17, 15) is 23.4 Å². The second-order valence-electron chi connectivity index (χ2n) is 10.7. The molecule has 2 heterocycles. The SMILES string of the molecule is CC(C)c1nc2c(c(C3=CCOCC3)c1C(O)c1ccc(C(F)(F)F)cc1F)C(O)CC1(CCC1)C2. The first-order chi connectivity index (χ1) is 17.0. The zero-order valence-corrected chi connectivity index (χ0v) is 20.5. The van der Waals surface area contributed by atoms with Crippen LogP contribution in [0.3, 0.4) is 0 Å². The molecule has 0 amide bonds. The summed E-state index contributed by atoms with van der Waals surface area (Å²) >= 11 is 0. The molecule has 0 bridgehead atoms. The van der Waals surface area contributed by atoms with Crippen molar-refractivity contribution >= 4 is 5.57 Å². The van der Waals surface area contributed by atoms with Gasteiger partial charge in [-0.25, -0.2) is 4.39 Å². The minimum absolute atomic E-state index is 0.0364. The van der Waals surface area contributed by atoms with Gasteiger partial charge < -0.3 is 14.9 Å². The van der Waals surface area contributed by atoms with Crippen LogP contribution in [0.25, 0.3) is 5.57 Å². The Morgan fingerprint density at radius 2 is 1.94 bits per heavy atom. The highest BCUT2D eigenvalue weighted by Crippen LogP contribution is 2.55. The van der Waals surface area contributed by atoms with Gasteiger partial charge in [-0.2, -0.15) is 13.2 Å². The standard InChI is InChI=1S/C28H31F4NO3/c1-15(2)25-24(26(35)18-5-4-17(12-19(18)29)28(30,31)32)22(16-6-10-36-11-7-16)23-20(33-25)13-27(8-3-9-27)14-21(23)34/h4-6,12,15,21,26,34-35H,3,7-11,13-14H2,1-2H3. The number of hydrogen-bond acceptors (Lipinski definition) is 4. The Kier molecular flexibility index (Phi) is 6.50. The van der Waals surface area contributed by atoms with E-state index in [1.54, 1.807) is 0 Å². The summed E-state index contributed by atoms with van der Waals surface area (Å²) in [5.74, 6) is -1.28. The van der Waals surface area contributed by atoms with Crippen molar-refractivity contribution in [3.63, 3.8) is 0 Å². The fourth-order valence-electron chi connectivity index (χ4n) is 6.07. The fourth-order valence-corrected chi connectivity index (χ4v) is 6.07. The molecule has 1 saturated carbocycles. The van der Waals surface area contributed by atoms with Gasteiger partial charge in [0.15, 0.2) is 0 Å². The Balaban J connectivity index is 1.73. The first-order valence-corrected chi connectivity index (χ1v) is 12.6. The normalized spacial score (nSPS) is 22.2. The van der Waals surface area contributed by atoms with E-state index in [1.807, 2.05) is 19.9 Å². The van der Waals surface area contributed by atoms with Gasteiger partial charge in [0.05, 0.1) is 24.9 Å². The van der Waals surface area contributed by atoms with Gasteiger partial charge in [0.1, 0.15) is 11.9 Å². The number of benzene rings is 1. The summed E-state index contributed by atoms with van der Waals surface area (Å²) in [4.78, 5) is 4.95. The zero-order valence-electron chi connectivity index (χ0n) is 20.5. The number of pyridine rings is 1. The van der Waals surface area contributed by atoms with E-state index in [0.717, 1.165) is 49.1 Å². The number of halogens is 4. The molecule has 2 aromatic rings. The van der Waals surface area contributed by atoms with Crippen LogP contribution in [0.1, 0.15) is 103 Å². The van der Waals surface area contributed by atoms with Gasteiger partial charge in [-0.3, -0.25) is 4.98 Å². The molecule has 0 saturated heterocycles. The minimum atomic E-state index is -4.69. The summed E-state index contributed by atoms with van der Waals surface area (Å²) < 4.78 is 60.0. The van der Waals surface area contributed by atoms with Crippen molar-refractivity contribution in [1.82, 2.24) is 4.98 Å². The molecule has 2 unspecified atom stereocenters. The van der Waals surface area contributed by atoms with Crippen LogP contribution in [-0.2, 0) is 17.3 Å². The maximum Gasteiger partial charge on any atom is 0.416 e. The molecular formula is C28H31F4NO3. The molecular weight excluding hydrogens is 474 g/mol. The lowest BCUT2D eigenvalue weighted by Gasteiger charge is -2.47. The molecule has 4 nitrogen and oxygen atoms in total. The molecule has 1 aromatic carbocycles. The summed E-state index contributed by atoms with van der Waals surface area (Å²) in [6.45, 7) is 4.68. The summed E-state index contributed by atoms with van der Waals surface area (Å²) in [7, 11) is 0. The fraction of sp³-hybridized carbons (Fsp3) is 0.536. The topological polar surface area (TPSA) is 62.6 Å². The van der Waals surface area contributed by atoms with E-state index >= 15 is 4.39 Å². The van der Waals surface area contributed by atoms with Crippen LogP contribution in [0.5, 0.6) is 0 Å². The quantitative estimate of drug-likeness (QED) is 0.472. The maximum absolute atomic E-state index is 15.0. The largest absolute Gasteiger partial charge is 0.416 e. The lowest BCUT2D eigenvalue weighted by molar-refractivity contribution is -0.137. The Labute approximate surface area is 208 Å². The van der Waals surface area contributed by atoms with Gasteiger partial charge in [0.25, 0.3) is 0 Å². The number of fused-ring (bicyclic) bond motifs is 1. The number of aromatic nitrogens is 1. The molecule has 194 valence electrons. The highest BCUT2D eigenvalue weighted by atomic mass is 19.4. The molecule has 1 aromatic heterocycles. The number of aliphatic hydroxyl groups is 2. The monoisotopic (exact) mass is 505 g/mol. The van der Waals surface area contributed by atoms with Crippen molar-refractivity contribution in [2.24, 2.45) is 5.41 Å². The summed E-state index contributed by atoms with van der Waals surface area (Å²) in [5, 5.41) is 22.9. The summed E-state index contributed by atoms with van der Waals surface area (Å²) in [6.07, 6.45) is -0.0457. The third-order valence-corrected chi connectivity index (χ3v) is 8.02. The number of nitrogens with zero attached hydrogens (tertiary/aromatic N) is 1. The Morgan fingerprint density at radius 3 is 2.50 bits per heavy atom. The number of ether oxygens (including phenoxy) is 1. The van der Waals surface area contributed by atoms with Crippen molar-refractivity contribution in [2.75, 3.05) is 13.2 Å². The highest BCUT2D eigenvalue weighted by molar-refractivity contribution is 5.75. The lowest BCUT2D eigenvalue weighted by atomic mass is 9.59. The molecule has 3 aliphatic rings. The first kappa shape index (κ1) is 25.4. The number of hydrogen-bond donors (Lipinski definition) is 2. The van der Waals surface area contributed by atoms with Crippen molar-refractivity contribution in [1.29, 1.82) is 0 Å². The van der Waals surface area contributed by atoms with Crippen LogP contribution in [0, 0.1) is 11.2 Å². The van der Waals surface area contributed by atoms with E-state index < -0.39 is 29.8 Å². The molecule has 0 radical (unpaired) electrons. The van der Waals surface area contributed by atoms with Gasteiger partial charge in [0.2, 0.25) is 0 Å². The summed E-state index contributed by atoms with van der Waals surface area (Å²) in [5.41, 5.74) is 2.61. The van der Waals surface area contributed by atoms with Crippen molar-refractivity contribution < 1.29 is 32.5 Å². The molecule has 36 heavy (non-hydrogen) atoms. The van der Waals surface area contributed by atoms with Gasteiger partial charge >= 0.3 is 6.18 Å². The van der Waals surface area contributed by atoms with Gasteiger partial charge in [0, 0.05) is 28.1 Å². The van der Waals surface area contributed by atoms with Crippen LogP contribution in [-0.4, -0.2) is 28.4 Å². The van der Waals surface area contributed by atoms with E-state index in [4.69, 9.17) is 9.72 Å². The molecule has 1 spiro atoms. The van der Waals surface area contributed by atoms with E-state index in [0.29, 0.717) is 54.5 Å². The minimum Gasteiger partial charge on any atom is -0.388 e. The highest BCUT2D eigenvalue weighted by Gasteiger charge is 2.46. The second-order valence-corrected chi connectivity index (χ2v) is 10.7. The Bertz CT molecular complexity index is 1200. The van der Waals surface area contributed by atoms with Gasteiger partial charge in [-0.15, -0.1) is 0 Å². The van der Waals surface area contributed by atoms with Gasteiger partial charge in [-0.1, -0.05) is 32.4 Å². The third kappa shape index (κ3) is 4.37. The first-order valence-electron chi connectivity index (χ1n) is 12.6. The molecule has 5 rings (SSSR count). The van der Waals surface area contributed by atoms with Crippen molar-refractivity contribution in [3.05, 3.63) is 69.3 Å². The third-order valence-electron chi connectivity index (χ3n) is 8.02. The smallest absolute Gasteiger partial charge is 0.388 e. The molecule has 2 N–H and O–H groups in total. The van der Waals surface area contributed by atoms with Gasteiger partial charge in [-0.05, 0) is 66.7 Å². The molecule has 1 aliphatic heterocycles. The molecule has 1 fully saturated rings. The van der Waals surface area contributed by atoms with Crippen LogP contribution in [0.15, 0.2) is 24.3 Å².